The van der Waals surface area contributed by atoms with Crippen LogP contribution in [0.15, 0.2) is 30.5 Å². The van der Waals surface area contributed by atoms with Gasteiger partial charge in [0, 0.05) is 43.8 Å². The van der Waals surface area contributed by atoms with Gasteiger partial charge < -0.3 is 9.80 Å². The molecule has 2 aromatic rings. The molecule has 1 aromatic carbocycles. The van der Waals surface area contributed by atoms with Crippen LogP contribution in [-0.2, 0) is 11.2 Å². The predicted octanol–water partition coefficient (Wildman–Crippen LogP) is 2.32. The first kappa shape index (κ1) is 17.0. The van der Waals surface area contributed by atoms with Gasteiger partial charge in [0.2, 0.25) is 12.4 Å². The Morgan fingerprint density at radius 2 is 1.81 bits per heavy atom. The van der Waals surface area contributed by atoms with Gasteiger partial charge in [0.15, 0.2) is 5.78 Å². The number of halogens is 1. The summed E-state index contributed by atoms with van der Waals surface area (Å²) >= 11 is 5.97. The Kier molecular flexibility index (Phi) is 4.59. The largest absolute Gasteiger partial charge is 0.342 e. The monoisotopic (exact) mass is 370 g/mol. The first-order chi connectivity index (χ1) is 12.6. The number of carbonyl (C=O) groups excluding carboxylic acids is 2. The number of aromatic nitrogens is 2. The Balaban J connectivity index is 1.57. The first-order valence-electron chi connectivity index (χ1n) is 8.73. The molecule has 1 aromatic heterocycles. The van der Waals surface area contributed by atoms with Gasteiger partial charge in [0.25, 0.3) is 0 Å². The number of anilines is 1. The second-order valence-corrected chi connectivity index (χ2v) is 7.18. The molecule has 1 fully saturated rings. The van der Waals surface area contributed by atoms with Gasteiger partial charge in [-0.3, -0.25) is 9.59 Å². The van der Waals surface area contributed by atoms with Gasteiger partial charge in [0.05, 0.1) is 11.3 Å². The minimum atomic E-state index is 0.0866. The van der Waals surface area contributed by atoms with E-state index in [1.807, 2.05) is 24.3 Å². The molecule has 0 unspecified atom stereocenters. The van der Waals surface area contributed by atoms with E-state index in [-0.39, 0.29) is 11.7 Å². The van der Waals surface area contributed by atoms with Crippen LogP contribution >= 0.6 is 11.6 Å². The molecule has 0 radical (unpaired) electrons. The molecule has 0 spiro atoms. The lowest BCUT2D eigenvalue weighted by Crippen LogP contribution is -2.46. The molecule has 1 aliphatic carbocycles. The number of ketones is 1. The Morgan fingerprint density at radius 1 is 1.08 bits per heavy atom. The van der Waals surface area contributed by atoms with Gasteiger partial charge in [-0.15, -0.1) is 0 Å². The van der Waals surface area contributed by atoms with Crippen LogP contribution < -0.4 is 4.90 Å². The van der Waals surface area contributed by atoms with E-state index in [1.54, 1.807) is 11.1 Å². The van der Waals surface area contributed by atoms with Crippen LogP contribution in [0.3, 0.4) is 0 Å². The van der Waals surface area contributed by atoms with Crippen molar-refractivity contribution in [2.24, 2.45) is 0 Å². The second-order valence-electron chi connectivity index (χ2n) is 6.74. The van der Waals surface area contributed by atoms with Crippen molar-refractivity contribution in [1.29, 1.82) is 0 Å². The molecule has 134 valence electrons. The fourth-order valence-corrected chi connectivity index (χ4v) is 3.71. The summed E-state index contributed by atoms with van der Waals surface area (Å²) in [5, 5.41) is 0.690. The molecule has 0 saturated carbocycles. The molecule has 26 heavy (non-hydrogen) atoms. The number of Topliss-reactive ketones (excluding diaryl/α,β-unsaturated/α-hetero) is 1. The maximum absolute atomic E-state index is 12.5. The molecule has 2 aliphatic rings. The van der Waals surface area contributed by atoms with Crippen LogP contribution in [0.5, 0.6) is 0 Å². The third kappa shape index (κ3) is 3.29. The number of benzene rings is 1. The normalized spacial score (nSPS) is 20.0. The number of rotatable bonds is 3. The lowest BCUT2D eigenvalue weighted by Gasteiger charge is -2.33. The lowest BCUT2D eigenvalue weighted by molar-refractivity contribution is -0.118. The van der Waals surface area contributed by atoms with Crippen molar-refractivity contribution in [3.8, 4) is 0 Å². The Bertz CT molecular complexity index is 832. The molecule has 1 saturated heterocycles. The third-order valence-corrected chi connectivity index (χ3v) is 5.37. The smallest absolute Gasteiger partial charge is 0.225 e. The first-order valence-corrected chi connectivity index (χ1v) is 9.10. The Morgan fingerprint density at radius 3 is 2.50 bits per heavy atom. The quantitative estimate of drug-likeness (QED) is 0.776. The number of amides is 1. The molecule has 1 amide bonds. The molecule has 1 atom stereocenters. The van der Waals surface area contributed by atoms with E-state index >= 15 is 0 Å². The average Bonchev–Trinajstić information content (AvgIpc) is 2.68. The van der Waals surface area contributed by atoms with Crippen molar-refractivity contribution in [2.45, 2.75) is 18.8 Å². The number of nitrogens with zero attached hydrogens (tertiary/aromatic N) is 4. The van der Waals surface area contributed by atoms with Gasteiger partial charge in [-0.05, 0) is 30.0 Å². The summed E-state index contributed by atoms with van der Waals surface area (Å²) in [4.78, 5) is 36.3. The van der Waals surface area contributed by atoms with Crippen LogP contribution in [-0.4, -0.2) is 53.2 Å². The number of hydrogen-bond acceptors (Lipinski definition) is 5. The van der Waals surface area contributed by atoms with Gasteiger partial charge in [0.1, 0.15) is 0 Å². The minimum absolute atomic E-state index is 0.0866. The maximum atomic E-state index is 12.5. The summed E-state index contributed by atoms with van der Waals surface area (Å²) < 4.78 is 0. The molecular weight excluding hydrogens is 352 g/mol. The molecule has 6 nitrogen and oxygen atoms in total. The molecule has 0 bridgehead atoms. The molecule has 1 aliphatic heterocycles. The Hall–Kier alpha value is -2.47. The zero-order valence-corrected chi connectivity index (χ0v) is 15.0. The van der Waals surface area contributed by atoms with E-state index in [4.69, 9.17) is 16.6 Å². The summed E-state index contributed by atoms with van der Waals surface area (Å²) in [5.41, 5.74) is 2.54. The summed E-state index contributed by atoms with van der Waals surface area (Å²) in [6.07, 6.45) is 3.71. The molecule has 4 rings (SSSR count). The summed E-state index contributed by atoms with van der Waals surface area (Å²) in [6.45, 7) is 2.73. The van der Waals surface area contributed by atoms with E-state index in [9.17, 15) is 9.59 Å². The predicted molar refractivity (Wildman–Crippen MR) is 98.7 cm³/mol. The van der Waals surface area contributed by atoms with E-state index in [1.165, 1.54) is 0 Å². The number of hydrogen-bond donors (Lipinski definition) is 0. The van der Waals surface area contributed by atoms with Crippen LogP contribution in [0.2, 0.25) is 5.02 Å². The van der Waals surface area contributed by atoms with Gasteiger partial charge in [-0.2, -0.15) is 0 Å². The van der Waals surface area contributed by atoms with Crippen molar-refractivity contribution in [3.63, 3.8) is 0 Å². The van der Waals surface area contributed by atoms with E-state index in [0.29, 0.717) is 55.6 Å². The standard InChI is InChI=1S/C19H19ClN4O2/c20-15-3-1-13(2-4-15)14-9-17-16(18(26)10-14)11-21-19(22-17)24-7-5-23(12-25)6-8-24/h1-4,11-12,14H,5-10H2/t14-/m0/s1. The van der Waals surface area contributed by atoms with E-state index < -0.39 is 0 Å². The van der Waals surface area contributed by atoms with Crippen molar-refractivity contribution >= 4 is 29.7 Å². The summed E-state index contributed by atoms with van der Waals surface area (Å²) in [7, 11) is 0. The molecule has 0 N–H and O–H groups in total. The van der Waals surface area contributed by atoms with Crippen LogP contribution in [0.1, 0.15) is 34.0 Å². The highest BCUT2D eigenvalue weighted by Crippen LogP contribution is 2.32. The summed E-state index contributed by atoms with van der Waals surface area (Å²) in [6, 6.07) is 7.67. The van der Waals surface area contributed by atoms with Crippen LogP contribution in [0.4, 0.5) is 5.95 Å². The topological polar surface area (TPSA) is 66.4 Å². The summed E-state index contributed by atoms with van der Waals surface area (Å²) in [5.74, 6) is 0.837. The maximum Gasteiger partial charge on any atom is 0.225 e. The van der Waals surface area contributed by atoms with Gasteiger partial charge >= 0.3 is 0 Å². The Labute approximate surface area is 156 Å². The highest BCUT2D eigenvalue weighted by molar-refractivity contribution is 6.30. The van der Waals surface area contributed by atoms with Crippen molar-refractivity contribution in [2.75, 3.05) is 31.1 Å². The number of fused-ring (bicyclic) bond motifs is 1. The van der Waals surface area contributed by atoms with Crippen molar-refractivity contribution in [3.05, 3.63) is 52.3 Å². The van der Waals surface area contributed by atoms with E-state index in [0.717, 1.165) is 17.7 Å². The van der Waals surface area contributed by atoms with Gasteiger partial charge in [-0.25, -0.2) is 9.97 Å². The SMILES string of the molecule is O=CN1CCN(c2ncc3c(n2)C[C@H](c2ccc(Cl)cc2)CC3=O)CC1. The van der Waals surface area contributed by atoms with E-state index in [2.05, 4.69) is 9.88 Å². The van der Waals surface area contributed by atoms with Gasteiger partial charge in [-0.1, -0.05) is 23.7 Å². The highest BCUT2D eigenvalue weighted by atomic mass is 35.5. The minimum Gasteiger partial charge on any atom is -0.342 e. The number of piperazine rings is 1. The fraction of sp³-hybridized carbons (Fsp3) is 0.368. The molecule has 7 heteroatoms. The fourth-order valence-electron chi connectivity index (χ4n) is 3.58. The third-order valence-electron chi connectivity index (χ3n) is 5.11. The zero-order valence-electron chi connectivity index (χ0n) is 14.3. The van der Waals surface area contributed by atoms with Crippen molar-refractivity contribution in [1.82, 2.24) is 14.9 Å². The zero-order chi connectivity index (χ0) is 18.1. The number of carbonyl (C=O) groups is 2. The second kappa shape index (κ2) is 7.03. The molecule has 2 heterocycles. The van der Waals surface area contributed by atoms with Crippen LogP contribution in [0, 0.1) is 0 Å². The molecular formula is C19H19ClN4O2. The van der Waals surface area contributed by atoms with Crippen LogP contribution in [0.25, 0.3) is 0 Å². The lowest BCUT2D eigenvalue weighted by atomic mass is 9.82. The van der Waals surface area contributed by atoms with Crippen molar-refractivity contribution < 1.29 is 9.59 Å². The highest BCUT2D eigenvalue weighted by Gasteiger charge is 2.29. The average molecular weight is 371 g/mol.